The van der Waals surface area contributed by atoms with Crippen molar-refractivity contribution < 1.29 is 32.4 Å². The van der Waals surface area contributed by atoms with Crippen LogP contribution in [0.15, 0.2) is 47.0 Å². The molecular weight excluding hydrogens is 598 g/mol. The van der Waals surface area contributed by atoms with Gasteiger partial charge in [-0.3, -0.25) is 24.4 Å². The Morgan fingerprint density at radius 2 is 2.02 bits per heavy atom. The zero-order chi connectivity index (χ0) is 30.3. The number of carbonyl (C=O) groups excluding carboxylic acids is 2. The summed E-state index contributed by atoms with van der Waals surface area (Å²) in [5.41, 5.74) is 6.30. The van der Waals surface area contributed by atoms with Gasteiger partial charge in [0, 0.05) is 35.8 Å². The summed E-state index contributed by atoms with van der Waals surface area (Å²) >= 11 is 6.82. The van der Waals surface area contributed by atoms with Crippen molar-refractivity contribution in [1.29, 1.82) is 0 Å². The number of nitro groups is 1. The second kappa shape index (κ2) is 11.2. The van der Waals surface area contributed by atoms with Gasteiger partial charge in [0.2, 0.25) is 0 Å². The third-order valence-electron chi connectivity index (χ3n) is 6.27. The molecule has 12 nitrogen and oxygen atoms in total. The number of ether oxygens (including phenoxy) is 1. The molecule has 0 saturated heterocycles. The van der Waals surface area contributed by atoms with Crippen LogP contribution in [0.5, 0.6) is 5.75 Å². The van der Waals surface area contributed by atoms with Gasteiger partial charge in [0.25, 0.3) is 23.9 Å². The number of amides is 2. The molecule has 5 aromatic rings. The Bertz CT molecular complexity index is 1880. The highest BCUT2D eigenvalue weighted by Crippen LogP contribution is 2.43. The van der Waals surface area contributed by atoms with E-state index in [1.807, 2.05) is 0 Å². The van der Waals surface area contributed by atoms with Crippen molar-refractivity contribution in [1.82, 2.24) is 14.8 Å². The van der Waals surface area contributed by atoms with Crippen LogP contribution in [-0.2, 0) is 13.7 Å². The van der Waals surface area contributed by atoms with Crippen molar-refractivity contribution in [3.05, 3.63) is 85.5 Å². The first-order chi connectivity index (χ1) is 19.9. The molecule has 0 bridgehead atoms. The Balaban J connectivity index is 1.47. The summed E-state index contributed by atoms with van der Waals surface area (Å²) in [5.74, 6) is -1.43. The molecule has 0 atom stereocenters. The molecule has 4 aromatic heterocycles. The molecule has 0 unspecified atom stereocenters. The number of aromatic nitrogens is 3. The second-order valence-corrected chi connectivity index (χ2v) is 10.3. The average Bonchev–Trinajstić information content (AvgIpc) is 3.65. The fourth-order valence-electron chi connectivity index (χ4n) is 4.12. The van der Waals surface area contributed by atoms with E-state index in [-0.39, 0.29) is 60.9 Å². The first-order valence-electron chi connectivity index (χ1n) is 12.0. The number of aryl methyl sites for hydroxylation is 1. The van der Waals surface area contributed by atoms with Crippen molar-refractivity contribution in [3.63, 3.8) is 0 Å². The normalized spacial score (nSPS) is 11.3. The number of hydrogen-bond acceptors (Lipinski definition) is 9. The Kier molecular flexibility index (Phi) is 7.62. The number of halogens is 3. The summed E-state index contributed by atoms with van der Waals surface area (Å²) in [7, 11) is 1.68. The molecule has 0 aliphatic carbocycles. The third kappa shape index (κ3) is 5.38. The molecule has 16 heteroatoms. The number of fused-ring (bicyclic) bond motifs is 1. The number of nitrogens with one attached hydrogen (secondary N) is 1. The van der Waals surface area contributed by atoms with Crippen LogP contribution in [-0.4, -0.2) is 31.5 Å². The predicted molar refractivity (Wildman–Crippen MR) is 149 cm³/mol. The number of nitro benzene ring substituents is 1. The standard InChI is InChI=1S/C26H19ClF2N6O6S/c1-11-15(9-31-34(11)2)14-8-17(23(28)29)32-26-20(14)21(22(42-26)24(30)36)33-25(37)19-6-4-13(41-19)10-40-18-5-3-12(35(38)39)7-16(18)27/h3-9,23H,10H2,1-2H3,(H2,30,36)(H,33,37). The van der Waals surface area contributed by atoms with Crippen molar-refractivity contribution in [3.8, 4) is 16.9 Å². The van der Waals surface area contributed by atoms with Crippen LogP contribution in [0.4, 0.5) is 20.2 Å². The molecule has 3 N–H and O–H groups in total. The minimum Gasteiger partial charge on any atom is -0.484 e. The lowest BCUT2D eigenvalue weighted by molar-refractivity contribution is -0.384. The van der Waals surface area contributed by atoms with Crippen LogP contribution in [0.2, 0.25) is 5.02 Å². The quantitative estimate of drug-likeness (QED) is 0.149. The fourth-order valence-corrected chi connectivity index (χ4v) is 5.36. The molecule has 0 aliphatic rings. The fraction of sp³-hybridized carbons (Fsp3) is 0.154. The van der Waals surface area contributed by atoms with E-state index in [1.165, 1.54) is 36.5 Å². The highest BCUT2D eigenvalue weighted by atomic mass is 35.5. The number of furan rings is 1. The van der Waals surface area contributed by atoms with E-state index in [9.17, 15) is 28.5 Å². The number of hydrogen-bond donors (Lipinski definition) is 2. The van der Waals surface area contributed by atoms with Crippen molar-refractivity contribution in [2.24, 2.45) is 12.8 Å². The Morgan fingerprint density at radius 3 is 2.64 bits per heavy atom. The van der Waals surface area contributed by atoms with Gasteiger partial charge < -0.3 is 20.2 Å². The monoisotopic (exact) mass is 616 g/mol. The van der Waals surface area contributed by atoms with Gasteiger partial charge in [0.05, 0.1) is 21.8 Å². The summed E-state index contributed by atoms with van der Waals surface area (Å²) in [6, 6.07) is 7.72. The number of pyridine rings is 1. The summed E-state index contributed by atoms with van der Waals surface area (Å²) < 4.78 is 40.2. The van der Waals surface area contributed by atoms with E-state index in [1.54, 1.807) is 18.7 Å². The Morgan fingerprint density at radius 1 is 1.26 bits per heavy atom. The largest absolute Gasteiger partial charge is 0.484 e. The Labute approximate surface area is 243 Å². The number of alkyl halides is 2. The van der Waals surface area contributed by atoms with Gasteiger partial charge in [-0.25, -0.2) is 13.8 Å². The van der Waals surface area contributed by atoms with E-state index >= 15 is 0 Å². The molecule has 0 saturated carbocycles. The van der Waals surface area contributed by atoms with Gasteiger partial charge in [-0.2, -0.15) is 5.10 Å². The molecule has 5 rings (SSSR count). The molecule has 216 valence electrons. The molecule has 2 amide bonds. The summed E-state index contributed by atoms with van der Waals surface area (Å²) in [4.78, 5) is 39.9. The van der Waals surface area contributed by atoms with Gasteiger partial charge in [-0.1, -0.05) is 11.6 Å². The number of thiophene rings is 1. The SMILES string of the molecule is Cc1c(-c2cc(C(F)F)nc3sc(C(N)=O)c(NC(=O)c4ccc(COc5ccc([N+](=O)[O-])cc5Cl)o4)c23)cnn1C. The van der Waals surface area contributed by atoms with Gasteiger partial charge in [0.1, 0.15) is 33.5 Å². The molecule has 0 radical (unpaired) electrons. The van der Waals surface area contributed by atoms with Crippen molar-refractivity contribution in [2.75, 3.05) is 5.32 Å². The van der Waals surface area contributed by atoms with Gasteiger partial charge in [0.15, 0.2) is 5.76 Å². The Hall–Kier alpha value is -4.89. The summed E-state index contributed by atoms with van der Waals surface area (Å²) in [6.45, 7) is 1.58. The highest BCUT2D eigenvalue weighted by molar-refractivity contribution is 7.21. The number of nitrogens with zero attached hydrogens (tertiary/aromatic N) is 4. The maximum absolute atomic E-state index is 13.7. The lowest BCUT2D eigenvalue weighted by atomic mass is 10.0. The smallest absolute Gasteiger partial charge is 0.291 e. The summed E-state index contributed by atoms with van der Waals surface area (Å²) in [5, 5.41) is 18.0. The topological polar surface area (TPSA) is 168 Å². The summed E-state index contributed by atoms with van der Waals surface area (Å²) in [6.07, 6.45) is -1.41. The lowest BCUT2D eigenvalue weighted by Gasteiger charge is -2.10. The van der Waals surface area contributed by atoms with Crippen LogP contribution in [0.3, 0.4) is 0 Å². The highest BCUT2D eigenvalue weighted by Gasteiger charge is 2.27. The zero-order valence-electron chi connectivity index (χ0n) is 21.7. The number of anilines is 1. The van der Waals surface area contributed by atoms with Crippen LogP contribution >= 0.6 is 22.9 Å². The molecule has 1 aromatic carbocycles. The number of benzene rings is 1. The molecule has 0 spiro atoms. The maximum atomic E-state index is 13.7. The maximum Gasteiger partial charge on any atom is 0.291 e. The number of primary amides is 1. The minimum atomic E-state index is -2.90. The minimum absolute atomic E-state index is 0.00840. The van der Waals surface area contributed by atoms with Crippen molar-refractivity contribution >= 4 is 56.3 Å². The zero-order valence-corrected chi connectivity index (χ0v) is 23.3. The van der Waals surface area contributed by atoms with Crippen LogP contribution in [0, 0.1) is 17.0 Å². The van der Waals surface area contributed by atoms with Crippen LogP contribution < -0.4 is 15.8 Å². The van der Waals surface area contributed by atoms with E-state index in [4.69, 9.17) is 26.5 Å². The number of rotatable bonds is 9. The molecule has 0 fully saturated rings. The molecular formula is C26H19ClF2N6O6S. The van der Waals surface area contributed by atoms with Gasteiger partial charge >= 0.3 is 0 Å². The molecule has 42 heavy (non-hydrogen) atoms. The van der Waals surface area contributed by atoms with Crippen LogP contribution in [0.25, 0.3) is 21.3 Å². The van der Waals surface area contributed by atoms with Gasteiger partial charge in [-0.05, 0) is 36.8 Å². The van der Waals surface area contributed by atoms with Crippen molar-refractivity contribution in [2.45, 2.75) is 20.0 Å². The second-order valence-electron chi connectivity index (χ2n) is 8.89. The lowest BCUT2D eigenvalue weighted by Crippen LogP contribution is -2.16. The predicted octanol–water partition coefficient (Wildman–Crippen LogP) is 6.03. The van der Waals surface area contributed by atoms with E-state index in [0.717, 1.165) is 17.4 Å². The average molecular weight is 617 g/mol. The van der Waals surface area contributed by atoms with Gasteiger partial charge in [-0.15, -0.1) is 11.3 Å². The van der Waals surface area contributed by atoms with E-state index in [0.29, 0.717) is 11.3 Å². The van der Waals surface area contributed by atoms with E-state index < -0.39 is 28.9 Å². The first-order valence-corrected chi connectivity index (χ1v) is 13.1. The number of non-ortho nitro benzene ring substituents is 1. The number of carbonyl (C=O) groups is 2. The van der Waals surface area contributed by atoms with E-state index in [2.05, 4.69) is 15.4 Å². The molecule has 0 aliphatic heterocycles. The first kappa shape index (κ1) is 28.6. The third-order valence-corrected chi connectivity index (χ3v) is 7.67. The molecule has 4 heterocycles. The van der Waals surface area contributed by atoms with Crippen LogP contribution in [0.1, 0.15) is 43.8 Å². The number of nitrogens with two attached hydrogens (primary N) is 1.